The van der Waals surface area contributed by atoms with E-state index in [-0.39, 0.29) is 25.9 Å². The van der Waals surface area contributed by atoms with Crippen molar-refractivity contribution in [3.05, 3.63) is 59.2 Å². The van der Waals surface area contributed by atoms with Gasteiger partial charge in [0.2, 0.25) is 0 Å². The number of benzene rings is 1. The smallest absolute Gasteiger partial charge is 0.321 e. The summed E-state index contributed by atoms with van der Waals surface area (Å²) in [6.07, 6.45) is 3.55. The van der Waals surface area contributed by atoms with Crippen LogP contribution in [0.25, 0.3) is 0 Å². The molecule has 4 N–H and O–H groups in total. The number of hydrogen-bond acceptors (Lipinski definition) is 7. The van der Waals surface area contributed by atoms with E-state index in [4.69, 9.17) is 4.74 Å². The van der Waals surface area contributed by atoms with E-state index in [0.717, 1.165) is 0 Å². The molecular formula is C30H36O8. The summed E-state index contributed by atoms with van der Waals surface area (Å²) in [5.74, 6) is -6.38. The lowest BCUT2D eigenvalue weighted by molar-refractivity contribution is -0.190. The molecule has 2 saturated carbocycles. The molecule has 8 heteroatoms. The number of aliphatic hydroxyl groups excluding tert-OH is 1. The van der Waals surface area contributed by atoms with E-state index in [1.807, 2.05) is 26.8 Å². The van der Waals surface area contributed by atoms with Crippen LogP contribution >= 0.6 is 0 Å². The number of carbonyl (C=O) groups is 3. The zero-order valence-corrected chi connectivity index (χ0v) is 22.2. The van der Waals surface area contributed by atoms with Gasteiger partial charge in [-0.1, -0.05) is 63.3 Å². The third kappa shape index (κ3) is 3.50. The van der Waals surface area contributed by atoms with E-state index in [1.165, 1.54) is 0 Å². The Labute approximate surface area is 222 Å². The standard InChI is InChI=1S/C30H36O8/c1-16-10-22-28(36,24(16)32)14-19(15-31)12-21-23-27(3,4)29(23,13-17(2)30(21,22)37)38-26(35)20(25(33)34)11-18-8-6-5-7-9-18/h5-10,12,17,20-23,31,36-37H,11,13-15H2,1-4H3,(H,33,34)/t17-,20-,21+,22-,23-,28-,29+,30-/m1/s1. The monoisotopic (exact) mass is 524 g/mol. The highest BCUT2D eigenvalue weighted by Crippen LogP contribution is 2.76. The van der Waals surface area contributed by atoms with Gasteiger partial charge in [-0.15, -0.1) is 0 Å². The van der Waals surface area contributed by atoms with Gasteiger partial charge in [0.15, 0.2) is 11.7 Å². The lowest BCUT2D eigenvalue weighted by atomic mass is 9.60. The summed E-state index contributed by atoms with van der Waals surface area (Å²) < 4.78 is 6.15. The maximum absolute atomic E-state index is 13.4. The Kier molecular flexibility index (Phi) is 6.06. The third-order valence-corrected chi connectivity index (χ3v) is 10.0. The summed E-state index contributed by atoms with van der Waals surface area (Å²) in [6, 6.07) is 8.91. The molecule has 0 heterocycles. The number of hydrogen-bond donors (Lipinski definition) is 4. The van der Waals surface area contributed by atoms with Crippen molar-refractivity contribution in [2.24, 2.45) is 35.0 Å². The van der Waals surface area contributed by atoms with Gasteiger partial charge in [0.1, 0.15) is 11.2 Å². The van der Waals surface area contributed by atoms with Gasteiger partial charge in [-0.25, -0.2) is 0 Å². The zero-order chi connectivity index (χ0) is 27.8. The van der Waals surface area contributed by atoms with Crippen LogP contribution in [0.3, 0.4) is 0 Å². The van der Waals surface area contributed by atoms with E-state index < -0.39 is 69.5 Å². The van der Waals surface area contributed by atoms with Gasteiger partial charge in [0.05, 0.1) is 12.2 Å². The lowest BCUT2D eigenvalue weighted by Crippen LogP contribution is -2.61. The normalized spacial score (nSPS) is 39.5. The van der Waals surface area contributed by atoms with Crippen LogP contribution in [0.1, 0.15) is 46.1 Å². The number of rotatable bonds is 6. The van der Waals surface area contributed by atoms with Crippen LogP contribution in [0.5, 0.6) is 0 Å². The molecule has 5 rings (SSSR count). The highest BCUT2D eigenvalue weighted by molar-refractivity contribution is 6.04. The highest BCUT2D eigenvalue weighted by Gasteiger charge is 2.83. The van der Waals surface area contributed by atoms with Crippen LogP contribution in [0.2, 0.25) is 0 Å². The molecule has 2 fully saturated rings. The first kappa shape index (κ1) is 26.8. The SMILES string of the molecule is CC1=C[C@H]2[C@@]3(O)[C@H](C)C[C@]4(OC(=O)[C@H](Cc5ccccc5)C(=O)O)[C@H]([C@@H]3C=C(CO)C[C@]2(O)C1=O)C4(C)C. The van der Waals surface area contributed by atoms with Crippen LogP contribution in [0, 0.1) is 35.0 Å². The Hall–Kier alpha value is -2.81. The molecule has 0 aromatic heterocycles. The molecular weight excluding hydrogens is 488 g/mol. The fourth-order valence-electron chi connectivity index (χ4n) is 7.97. The first-order chi connectivity index (χ1) is 17.7. The number of ketones is 1. The molecule has 38 heavy (non-hydrogen) atoms. The predicted octanol–water partition coefficient (Wildman–Crippen LogP) is 2.45. The number of carboxylic acids is 1. The molecule has 0 amide bonds. The van der Waals surface area contributed by atoms with Crippen LogP contribution in [-0.2, 0) is 25.5 Å². The maximum Gasteiger partial charge on any atom is 0.321 e. The number of aliphatic carboxylic acids is 1. The van der Waals surface area contributed by atoms with Gasteiger partial charge in [-0.2, -0.15) is 0 Å². The van der Waals surface area contributed by atoms with Crippen molar-refractivity contribution in [2.45, 2.75) is 63.8 Å². The van der Waals surface area contributed by atoms with Crippen molar-refractivity contribution in [3.63, 3.8) is 0 Å². The van der Waals surface area contributed by atoms with Crippen LogP contribution < -0.4 is 0 Å². The van der Waals surface area contributed by atoms with Crippen molar-refractivity contribution in [3.8, 4) is 0 Å². The number of carboxylic acid groups (broad SMARTS) is 1. The van der Waals surface area contributed by atoms with Gasteiger partial charge in [0.25, 0.3) is 0 Å². The Morgan fingerprint density at radius 3 is 2.39 bits per heavy atom. The van der Waals surface area contributed by atoms with E-state index >= 15 is 0 Å². The summed E-state index contributed by atoms with van der Waals surface area (Å²) in [6.45, 7) is 6.91. The summed E-state index contributed by atoms with van der Waals surface area (Å²) in [4.78, 5) is 38.6. The summed E-state index contributed by atoms with van der Waals surface area (Å²) in [5, 5.41) is 44.0. The minimum absolute atomic E-state index is 0.00501. The maximum atomic E-state index is 13.4. The van der Waals surface area contributed by atoms with Crippen molar-refractivity contribution in [2.75, 3.05) is 6.61 Å². The highest BCUT2D eigenvalue weighted by atomic mass is 16.6. The molecule has 4 aliphatic rings. The van der Waals surface area contributed by atoms with E-state index in [0.29, 0.717) is 16.7 Å². The topological polar surface area (TPSA) is 141 Å². The predicted molar refractivity (Wildman–Crippen MR) is 137 cm³/mol. The Morgan fingerprint density at radius 1 is 1.13 bits per heavy atom. The third-order valence-electron chi connectivity index (χ3n) is 10.0. The number of carbonyl (C=O) groups excluding carboxylic acids is 2. The number of fused-ring (bicyclic) bond motifs is 5. The van der Waals surface area contributed by atoms with Crippen molar-refractivity contribution >= 4 is 17.7 Å². The molecule has 4 aliphatic carbocycles. The molecule has 1 aromatic carbocycles. The fourth-order valence-corrected chi connectivity index (χ4v) is 7.97. The number of Topliss-reactive ketones (excluding diaryl/α,β-unsaturated/α-hetero) is 1. The number of aliphatic hydroxyl groups is 3. The quantitative estimate of drug-likeness (QED) is 0.253. The number of ether oxygens (including phenoxy) is 1. The Morgan fingerprint density at radius 2 is 1.79 bits per heavy atom. The van der Waals surface area contributed by atoms with Crippen LogP contribution in [0.15, 0.2) is 53.6 Å². The van der Waals surface area contributed by atoms with E-state index in [9.17, 15) is 34.8 Å². The van der Waals surface area contributed by atoms with E-state index in [1.54, 1.807) is 43.3 Å². The Bertz CT molecular complexity index is 1250. The zero-order valence-electron chi connectivity index (χ0n) is 22.2. The molecule has 1 aromatic rings. The molecule has 204 valence electrons. The summed E-state index contributed by atoms with van der Waals surface area (Å²) in [5.41, 5.74) is -3.54. The average molecular weight is 525 g/mol. The van der Waals surface area contributed by atoms with Gasteiger partial charge in [0, 0.05) is 29.6 Å². The van der Waals surface area contributed by atoms with Gasteiger partial charge < -0.3 is 25.2 Å². The number of esters is 1. The van der Waals surface area contributed by atoms with Gasteiger partial charge in [-0.05, 0) is 42.4 Å². The second kappa shape index (κ2) is 8.60. The Balaban J connectivity index is 1.52. The molecule has 0 spiro atoms. The van der Waals surface area contributed by atoms with Crippen LogP contribution in [-0.4, -0.2) is 61.6 Å². The molecule has 0 aliphatic heterocycles. The minimum Gasteiger partial charge on any atom is -0.481 e. The molecule has 0 saturated heterocycles. The average Bonchev–Trinajstić information content (AvgIpc) is 3.26. The second-order valence-corrected chi connectivity index (χ2v) is 12.3. The van der Waals surface area contributed by atoms with E-state index in [2.05, 4.69) is 0 Å². The molecule has 0 radical (unpaired) electrons. The first-order valence-electron chi connectivity index (χ1n) is 13.2. The van der Waals surface area contributed by atoms with Crippen molar-refractivity contribution < 1.29 is 39.5 Å². The van der Waals surface area contributed by atoms with Crippen molar-refractivity contribution in [1.29, 1.82) is 0 Å². The molecule has 0 bridgehead atoms. The molecule has 8 nitrogen and oxygen atoms in total. The molecule has 0 unspecified atom stereocenters. The minimum atomic E-state index is -1.86. The van der Waals surface area contributed by atoms with Gasteiger partial charge in [-0.3, -0.25) is 14.4 Å². The summed E-state index contributed by atoms with van der Waals surface area (Å²) in [7, 11) is 0. The summed E-state index contributed by atoms with van der Waals surface area (Å²) >= 11 is 0. The largest absolute Gasteiger partial charge is 0.481 e. The second-order valence-electron chi connectivity index (χ2n) is 12.3. The first-order valence-corrected chi connectivity index (χ1v) is 13.2. The van der Waals surface area contributed by atoms with Crippen LogP contribution in [0.4, 0.5) is 0 Å². The fraction of sp³-hybridized carbons (Fsp3) is 0.567. The van der Waals surface area contributed by atoms with Gasteiger partial charge >= 0.3 is 11.9 Å². The van der Waals surface area contributed by atoms with Crippen molar-refractivity contribution in [1.82, 2.24) is 0 Å². The molecule has 8 atom stereocenters. The lowest BCUT2D eigenvalue weighted by Gasteiger charge is -2.50.